The van der Waals surface area contributed by atoms with Crippen LogP contribution in [-0.4, -0.2) is 26.9 Å². The second-order valence-electron chi connectivity index (χ2n) is 6.92. The third kappa shape index (κ3) is 4.33. The number of rotatable bonds is 7. The Bertz CT molecular complexity index is 1250. The van der Waals surface area contributed by atoms with Gasteiger partial charge in [0.2, 0.25) is 0 Å². The summed E-state index contributed by atoms with van der Waals surface area (Å²) in [7, 11) is 3.49. The van der Waals surface area contributed by atoms with E-state index in [0.717, 1.165) is 33.5 Å². The summed E-state index contributed by atoms with van der Waals surface area (Å²) in [4.78, 5) is 15.8. The second-order valence-corrected chi connectivity index (χ2v) is 7.86. The van der Waals surface area contributed by atoms with E-state index in [1.807, 2.05) is 54.9 Å². The number of aryl methyl sites for hydroxylation is 1. The predicted molar refractivity (Wildman–Crippen MR) is 117 cm³/mol. The van der Waals surface area contributed by atoms with Crippen molar-refractivity contribution < 1.29 is 9.47 Å². The molecule has 0 amide bonds. The van der Waals surface area contributed by atoms with Crippen molar-refractivity contribution in [3.05, 3.63) is 75.8 Å². The van der Waals surface area contributed by atoms with Crippen LogP contribution in [0.25, 0.3) is 10.9 Å². The quantitative estimate of drug-likeness (QED) is 0.456. The van der Waals surface area contributed by atoms with Crippen LogP contribution in [0, 0.1) is 6.92 Å². The van der Waals surface area contributed by atoms with Crippen molar-refractivity contribution in [3.8, 4) is 11.5 Å². The number of thioether (sulfide) groups is 1. The van der Waals surface area contributed by atoms with Gasteiger partial charge in [-0.2, -0.15) is 0 Å². The number of aromatic nitrogens is 4. The summed E-state index contributed by atoms with van der Waals surface area (Å²) < 4.78 is 12.9. The molecule has 0 spiro atoms. The molecule has 7 nitrogen and oxygen atoms in total. The lowest BCUT2D eigenvalue weighted by molar-refractivity contribution is 0.290. The fourth-order valence-corrected chi connectivity index (χ4v) is 3.92. The average Bonchev–Trinajstić information content (AvgIpc) is 3.10. The summed E-state index contributed by atoms with van der Waals surface area (Å²) in [5.74, 6) is 2.77. The minimum Gasteiger partial charge on any atom is -0.497 e. The Labute approximate surface area is 178 Å². The van der Waals surface area contributed by atoms with Crippen LogP contribution in [0.3, 0.4) is 0 Å². The molecule has 2 aromatic heterocycles. The molecule has 0 fully saturated rings. The number of benzene rings is 2. The Balaban J connectivity index is 1.44. The average molecular weight is 423 g/mol. The third-order valence-electron chi connectivity index (χ3n) is 4.73. The number of ether oxygens (including phenoxy) is 2. The predicted octanol–water partition coefficient (Wildman–Crippen LogP) is 3.84. The third-order valence-corrected chi connectivity index (χ3v) is 5.80. The second kappa shape index (κ2) is 8.62. The number of hydrogen-bond donors (Lipinski definition) is 1. The van der Waals surface area contributed by atoms with E-state index in [9.17, 15) is 4.79 Å². The van der Waals surface area contributed by atoms with E-state index in [1.165, 1.54) is 11.8 Å². The van der Waals surface area contributed by atoms with Gasteiger partial charge in [0, 0.05) is 35.5 Å². The number of hydrogen-bond acceptors (Lipinski definition) is 6. The van der Waals surface area contributed by atoms with Gasteiger partial charge in [0.1, 0.15) is 18.1 Å². The van der Waals surface area contributed by atoms with Gasteiger partial charge in [-0.1, -0.05) is 23.9 Å². The Hall–Kier alpha value is -3.26. The topological polar surface area (TPSA) is 82.0 Å². The van der Waals surface area contributed by atoms with E-state index in [4.69, 9.17) is 9.47 Å². The fraction of sp³-hybridized carbons (Fsp3) is 0.227. The van der Waals surface area contributed by atoms with Crippen LogP contribution in [0.1, 0.15) is 17.1 Å². The Morgan fingerprint density at radius 1 is 1.10 bits per heavy atom. The van der Waals surface area contributed by atoms with Gasteiger partial charge >= 0.3 is 0 Å². The van der Waals surface area contributed by atoms with Gasteiger partial charge in [0.25, 0.3) is 0 Å². The van der Waals surface area contributed by atoms with Gasteiger partial charge in [-0.25, -0.2) is 0 Å². The molecule has 0 saturated heterocycles. The van der Waals surface area contributed by atoms with Crippen molar-refractivity contribution in [1.29, 1.82) is 0 Å². The minimum absolute atomic E-state index is 0.0385. The number of nitrogens with zero attached hydrogens (tertiary/aromatic N) is 3. The summed E-state index contributed by atoms with van der Waals surface area (Å²) in [5, 5.41) is 9.86. The standard InChI is InChI=1S/C22H22N4O3S/c1-14-5-4-6-17(9-14)29-12-21-24-25-22(26(21)2)30-13-15-10-20(27)18-11-16(28-3)7-8-19(18)23-15/h4-11H,12-13H2,1-3H3,(H,23,27). The van der Waals surface area contributed by atoms with E-state index >= 15 is 0 Å². The summed E-state index contributed by atoms with van der Waals surface area (Å²) in [6.07, 6.45) is 0. The number of pyridine rings is 1. The molecule has 2 aromatic carbocycles. The molecule has 0 atom stereocenters. The summed E-state index contributed by atoms with van der Waals surface area (Å²) in [6, 6.07) is 14.9. The number of H-pyrrole nitrogens is 1. The number of fused-ring (bicyclic) bond motifs is 1. The van der Waals surface area contributed by atoms with Crippen LogP contribution >= 0.6 is 11.8 Å². The van der Waals surface area contributed by atoms with Gasteiger partial charge in [0.15, 0.2) is 16.4 Å². The van der Waals surface area contributed by atoms with Crippen LogP contribution in [0.5, 0.6) is 11.5 Å². The van der Waals surface area contributed by atoms with E-state index in [1.54, 1.807) is 19.2 Å². The maximum Gasteiger partial charge on any atom is 0.191 e. The molecule has 0 unspecified atom stereocenters. The molecule has 4 rings (SSSR count). The fourth-order valence-electron chi connectivity index (χ4n) is 3.08. The first kappa shape index (κ1) is 20.0. The molecule has 4 aromatic rings. The summed E-state index contributed by atoms with van der Waals surface area (Å²) in [6.45, 7) is 2.36. The molecule has 0 bridgehead atoms. The monoisotopic (exact) mass is 422 g/mol. The minimum atomic E-state index is -0.0385. The number of nitrogens with one attached hydrogen (secondary N) is 1. The zero-order valence-corrected chi connectivity index (χ0v) is 17.8. The molecule has 1 N–H and O–H groups in total. The molecule has 0 saturated carbocycles. The lowest BCUT2D eigenvalue weighted by Crippen LogP contribution is -2.06. The van der Waals surface area contributed by atoms with Gasteiger partial charge in [-0.3, -0.25) is 4.79 Å². The molecule has 30 heavy (non-hydrogen) atoms. The molecule has 154 valence electrons. The maximum absolute atomic E-state index is 12.5. The molecule has 0 aliphatic carbocycles. The molecule has 0 aliphatic rings. The molecule has 0 aliphatic heterocycles. The first-order valence-electron chi connectivity index (χ1n) is 9.44. The Morgan fingerprint density at radius 2 is 1.97 bits per heavy atom. The molecular weight excluding hydrogens is 400 g/mol. The summed E-state index contributed by atoms with van der Waals surface area (Å²) in [5.41, 5.74) is 2.71. The van der Waals surface area contributed by atoms with Gasteiger partial charge < -0.3 is 19.0 Å². The van der Waals surface area contributed by atoms with Crippen molar-refractivity contribution in [3.63, 3.8) is 0 Å². The Morgan fingerprint density at radius 3 is 2.77 bits per heavy atom. The molecule has 0 radical (unpaired) electrons. The molecule has 8 heteroatoms. The van der Waals surface area contributed by atoms with Crippen molar-refractivity contribution in [1.82, 2.24) is 19.7 Å². The molecular formula is C22H22N4O3S. The van der Waals surface area contributed by atoms with Crippen LogP contribution in [0.2, 0.25) is 0 Å². The number of aromatic amines is 1. The van der Waals surface area contributed by atoms with E-state index in [0.29, 0.717) is 23.5 Å². The van der Waals surface area contributed by atoms with E-state index in [-0.39, 0.29) is 5.43 Å². The van der Waals surface area contributed by atoms with E-state index < -0.39 is 0 Å². The highest BCUT2D eigenvalue weighted by molar-refractivity contribution is 7.98. The van der Waals surface area contributed by atoms with Crippen LogP contribution in [0.15, 0.2) is 58.5 Å². The van der Waals surface area contributed by atoms with Gasteiger partial charge in [-0.05, 0) is 42.8 Å². The smallest absolute Gasteiger partial charge is 0.191 e. The zero-order chi connectivity index (χ0) is 21.1. The van der Waals surface area contributed by atoms with Crippen molar-refractivity contribution >= 4 is 22.7 Å². The lowest BCUT2D eigenvalue weighted by atomic mass is 10.2. The van der Waals surface area contributed by atoms with E-state index in [2.05, 4.69) is 15.2 Å². The SMILES string of the molecule is COc1ccc2[nH]c(CSc3nnc(COc4cccc(C)c4)n3C)cc(=O)c2c1. The van der Waals surface area contributed by atoms with Crippen molar-refractivity contribution in [2.75, 3.05) is 7.11 Å². The lowest BCUT2D eigenvalue weighted by Gasteiger charge is -2.08. The zero-order valence-electron chi connectivity index (χ0n) is 17.0. The highest BCUT2D eigenvalue weighted by Crippen LogP contribution is 2.23. The Kier molecular flexibility index (Phi) is 5.76. The van der Waals surface area contributed by atoms with Crippen LogP contribution in [0.4, 0.5) is 0 Å². The first-order chi connectivity index (χ1) is 14.5. The van der Waals surface area contributed by atoms with Crippen LogP contribution in [-0.2, 0) is 19.4 Å². The van der Waals surface area contributed by atoms with Crippen LogP contribution < -0.4 is 14.9 Å². The van der Waals surface area contributed by atoms with Gasteiger partial charge in [-0.15, -0.1) is 10.2 Å². The molecule has 2 heterocycles. The van der Waals surface area contributed by atoms with Gasteiger partial charge in [0.05, 0.1) is 7.11 Å². The number of methoxy groups -OCH3 is 1. The summed E-state index contributed by atoms with van der Waals surface area (Å²) >= 11 is 1.51. The highest BCUT2D eigenvalue weighted by atomic mass is 32.2. The first-order valence-corrected chi connectivity index (χ1v) is 10.4. The highest BCUT2D eigenvalue weighted by Gasteiger charge is 2.11. The van der Waals surface area contributed by atoms with Crippen molar-refractivity contribution in [2.45, 2.75) is 24.4 Å². The van der Waals surface area contributed by atoms with Crippen molar-refractivity contribution in [2.24, 2.45) is 7.05 Å². The maximum atomic E-state index is 12.5. The normalized spacial score (nSPS) is 11.0. The largest absolute Gasteiger partial charge is 0.497 e.